The Morgan fingerprint density at radius 1 is 1.14 bits per heavy atom. The Morgan fingerprint density at radius 3 is 2.66 bits per heavy atom. The zero-order chi connectivity index (χ0) is 20.5. The molecule has 2 aromatic rings. The standard InChI is InChI=1S/C25H29NO3/c1-16-9-11-21-17(2)10-12-22(23(21)13-16)18(3)24(27)26-20(15-29-25(26)28)14-19-7-5-4-6-8-19/h4-9,11,13,17-18,20,22H,10,12,14-15H2,1-3H3/t17-,18+,20+,22+/m0/s1. The lowest BCUT2D eigenvalue weighted by atomic mass is 9.72. The average molecular weight is 392 g/mol. The fourth-order valence-electron chi connectivity index (χ4n) is 4.88. The number of amides is 2. The molecule has 2 aliphatic rings. The highest BCUT2D eigenvalue weighted by atomic mass is 16.6. The van der Waals surface area contributed by atoms with Crippen molar-refractivity contribution in [2.45, 2.75) is 57.9 Å². The van der Waals surface area contributed by atoms with Crippen molar-refractivity contribution in [1.29, 1.82) is 0 Å². The minimum absolute atomic E-state index is 0.111. The van der Waals surface area contributed by atoms with E-state index in [1.54, 1.807) is 0 Å². The average Bonchev–Trinajstić information content (AvgIpc) is 3.08. The summed E-state index contributed by atoms with van der Waals surface area (Å²) in [5.74, 6) is 0.276. The summed E-state index contributed by atoms with van der Waals surface area (Å²) in [4.78, 5) is 27.3. The molecular formula is C25H29NO3. The third-order valence-corrected chi connectivity index (χ3v) is 6.59. The van der Waals surface area contributed by atoms with Crippen molar-refractivity contribution in [2.75, 3.05) is 6.61 Å². The van der Waals surface area contributed by atoms with Crippen molar-refractivity contribution in [3.05, 3.63) is 70.8 Å². The quantitative estimate of drug-likeness (QED) is 0.719. The summed E-state index contributed by atoms with van der Waals surface area (Å²) < 4.78 is 5.28. The van der Waals surface area contributed by atoms with Crippen molar-refractivity contribution in [3.63, 3.8) is 0 Å². The Labute approximate surface area is 172 Å². The van der Waals surface area contributed by atoms with Crippen LogP contribution in [0.5, 0.6) is 0 Å². The van der Waals surface area contributed by atoms with Gasteiger partial charge in [-0.2, -0.15) is 0 Å². The molecular weight excluding hydrogens is 362 g/mol. The lowest BCUT2D eigenvalue weighted by Gasteiger charge is -2.35. The van der Waals surface area contributed by atoms with Gasteiger partial charge in [0.25, 0.3) is 0 Å². The van der Waals surface area contributed by atoms with Crippen molar-refractivity contribution in [2.24, 2.45) is 5.92 Å². The second-order valence-electron chi connectivity index (χ2n) is 8.63. The third kappa shape index (κ3) is 3.81. The number of fused-ring (bicyclic) bond motifs is 1. The van der Waals surface area contributed by atoms with E-state index in [1.807, 2.05) is 37.3 Å². The highest BCUT2D eigenvalue weighted by Crippen LogP contribution is 2.43. The molecule has 4 rings (SSSR count). The van der Waals surface area contributed by atoms with Gasteiger partial charge in [-0.05, 0) is 54.7 Å². The molecule has 1 fully saturated rings. The van der Waals surface area contributed by atoms with Crippen LogP contribution in [-0.4, -0.2) is 29.5 Å². The topological polar surface area (TPSA) is 46.6 Å². The molecule has 152 valence electrons. The number of imide groups is 1. The number of nitrogens with zero attached hydrogens (tertiary/aromatic N) is 1. The van der Waals surface area contributed by atoms with Gasteiger partial charge in [0.1, 0.15) is 6.61 Å². The van der Waals surface area contributed by atoms with Crippen molar-refractivity contribution >= 4 is 12.0 Å². The third-order valence-electron chi connectivity index (χ3n) is 6.59. The van der Waals surface area contributed by atoms with Crippen LogP contribution < -0.4 is 0 Å². The summed E-state index contributed by atoms with van der Waals surface area (Å²) >= 11 is 0. The molecule has 1 aliphatic heterocycles. The fraction of sp³-hybridized carbons (Fsp3) is 0.440. The molecule has 0 saturated carbocycles. The van der Waals surface area contributed by atoms with Gasteiger partial charge in [0.05, 0.1) is 6.04 Å². The molecule has 0 spiro atoms. The van der Waals surface area contributed by atoms with Crippen LogP contribution in [0.3, 0.4) is 0 Å². The minimum Gasteiger partial charge on any atom is -0.447 e. The molecule has 1 aliphatic carbocycles. The van der Waals surface area contributed by atoms with E-state index in [0.717, 1.165) is 18.4 Å². The molecule has 4 atom stereocenters. The molecule has 2 aromatic carbocycles. The van der Waals surface area contributed by atoms with Crippen LogP contribution in [0.25, 0.3) is 0 Å². The molecule has 0 radical (unpaired) electrons. The van der Waals surface area contributed by atoms with E-state index >= 15 is 0 Å². The van der Waals surface area contributed by atoms with E-state index in [1.165, 1.54) is 21.6 Å². The Morgan fingerprint density at radius 2 is 1.90 bits per heavy atom. The first kappa shape index (κ1) is 19.7. The summed E-state index contributed by atoms with van der Waals surface area (Å²) in [5, 5.41) is 0. The minimum atomic E-state index is -0.503. The lowest BCUT2D eigenvalue weighted by Crippen LogP contribution is -2.44. The van der Waals surface area contributed by atoms with Crippen LogP contribution >= 0.6 is 0 Å². The van der Waals surface area contributed by atoms with Gasteiger partial charge in [0, 0.05) is 5.92 Å². The van der Waals surface area contributed by atoms with Crippen molar-refractivity contribution in [1.82, 2.24) is 4.90 Å². The van der Waals surface area contributed by atoms with Crippen molar-refractivity contribution < 1.29 is 14.3 Å². The number of aryl methyl sites for hydroxylation is 1. The first-order valence-electron chi connectivity index (χ1n) is 10.6. The highest BCUT2D eigenvalue weighted by Gasteiger charge is 2.42. The summed E-state index contributed by atoms with van der Waals surface area (Å²) in [5.41, 5.74) is 4.94. The number of cyclic esters (lactones) is 1. The normalized spacial score (nSPS) is 24.7. The second-order valence-corrected chi connectivity index (χ2v) is 8.63. The summed E-state index contributed by atoms with van der Waals surface area (Å²) in [6.45, 7) is 6.59. The maximum atomic E-state index is 13.5. The number of carbonyl (C=O) groups is 2. The number of carbonyl (C=O) groups excluding carboxylic acids is 2. The van der Waals surface area contributed by atoms with Crippen LogP contribution in [0.1, 0.15) is 60.8 Å². The smallest absolute Gasteiger partial charge is 0.416 e. The van der Waals surface area contributed by atoms with Gasteiger partial charge in [-0.1, -0.05) is 67.9 Å². The molecule has 4 nitrogen and oxygen atoms in total. The van der Waals surface area contributed by atoms with Crippen LogP contribution in [0.15, 0.2) is 48.5 Å². The van der Waals surface area contributed by atoms with Crippen molar-refractivity contribution in [3.8, 4) is 0 Å². The Hall–Kier alpha value is -2.62. The molecule has 0 unspecified atom stereocenters. The Bertz CT molecular complexity index is 908. The van der Waals surface area contributed by atoms with Gasteiger partial charge >= 0.3 is 6.09 Å². The molecule has 0 N–H and O–H groups in total. The van der Waals surface area contributed by atoms with Gasteiger partial charge in [0.15, 0.2) is 0 Å². The number of rotatable bonds is 4. The number of hydrogen-bond donors (Lipinski definition) is 0. The van der Waals surface area contributed by atoms with Crippen LogP contribution in [0, 0.1) is 12.8 Å². The van der Waals surface area contributed by atoms with E-state index in [0.29, 0.717) is 12.3 Å². The summed E-state index contributed by atoms with van der Waals surface area (Å²) in [6.07, 6.45) is 2.16. The van der Waals surface area contributed by atoms with Crippen LogP contribution in [0.4, 0.5) is 4.79 Å². The predicted octanol–water partition coefficient (Wildman–Crippen LogP) is 5.20. The first-order chi connectivity index (χ1) is 14.0. The van der Waals surface area contributed by atoms with E-state index < -0.39 is 6.09 Å². The summed E-state index contributed by atoms with van der Waals surface area (Å²) in [6, 6.07) is 16.3. The van der Waals surface area contributed by atoms with Crippen LogP contribution in [-0.2, 0) is 16.0 Å². The first-order valence-corrected chi connectivity index (χ1v) is 10.6. The zero-order valence-electron chi connectivity index (χ0n) is 17.4. The van der Waals surface area contributed by atoms with Gasteiger partial charge in [-0.15, -0.1) is 0 Å². The lowest BCUT2D eigenvalue weighted by molar-refractivity contribution is -0.133. The number of ether oxygens (including phenoxy) is 1. The highest BCUT2D eigenvalue weighted by molar-refractivity contribution is 5.95. The van der Waals surface area contributed by atoms with Gasteiger partial charge in [-0.3, -0.25) is 4.79 Å². The maximum absolute atomic E-state index is 13.5. The van der Waals surface area contributed by atoms with E-state index in [4.69, 9.17) is 4.74 Å². The van der Waals surface area contributed by atoms with Crippen LogP contribution in [0.2, 0.25) is 0 Å². The molecule has 1 saturated heterocycles. The van der Waals surface area contributed by atoms with Gasteiger partial charge < -0.3 is 4.74 Å². The van der Waals surface area contributed by atoms with E-state index in [2.05, 4.69) is 32.0 Å². The Balaban J connectivity index is 1.58. The molecule has 1 heterocycles. The van der Waals surface area contributed by atoms with Gasteiger partial charge in [0.2, 0.25) is 5.91 Å². The van der Waals surface area contributed by atoms with E-state index in [-0.39, 0.29) is 30.4 Å². The van der Waals surface area contributed by atoms with E-state index in [9.17, 15) is 9.59 Å². The van der Waals surface area contributed by atoms with Gasteiger partial charge in [-0.25, -0.2) is 9.69 Å². The fourth-order valence-corrected chi connectivity index (χ4v) is 4.88. The molecule has 4 heteroatoms. The summed E-state index contributed by atoms with van der Waals surface area (Å²) in [7, 11) is 0. The molecule has 29 heavy (non-hydrogen) atoms. The second kappa shape index (κ2) is 8.02. The number of hydrogen-bond acceptors (Lipinski definition) is 3. The SMILES string of the molecule is Cc1ccc2c(c1)[C@@H]([C@@H](C)C(=O)N1C(=O)OC[C@H]1Cc1ccccc1)CC[C@@H]2C. The monoisotopic (exact) mass is 391 g/mol. The largest absolute Gasteiger partial charge is 0.447 e. The Kier molecular flexibility index (Phi) is 5.44. The predicted molar refractivity (Wildman–Crippen MR) is 113 cm³/mol. The molecule has 0 bridgehead atoms. The number of benzene rings is 2. The molecule has 2 amide bonds. The molecule has 0 aromatic heterocycles. The maximum Gasteiger partial charge on any atom is 0.416 e. The zero-order valence-corrected chi connectivity index (χ0v) is 17.4.